The van der Waals surface area contributed by atoms with E-state index < -0.39 is 12.0 Å². The summed E-state index contributed by atoms with van der Waals surface area (Å²) in [6, 6.07) is 15.7. The predicted octanol–water partition coefficient (Wildman–Crippen LogP) is 3.77. The monoisotopic (exact) mass is 447 g/mol. The van der Waals surface area contributed by atoms with Gasteiger partial charge in [-0.25, -0.2) is 0 Å². The van der Waals surface area contributed by atoms with Gasteiger partial charge in [0.2, 0.25) is 11.8 Å². The molecule has 2 amide bonds. The van der Waals surface area contributed by atoms with Crippen molar-refractivity contribution >= 4 is 17.9 Å². The summed E-state index contributed by atoms with van der Waals surface area (Å²) in [5.41, 5.74) is 1.53. The Bertz CT molecular complexity index is 1030. The molecule has 0 heterocycles. The van der Waals surface area contributed by atoms with Crippen LogP contribution in [0.25, 0.3) is 6.08 Å². The van der Waals surface area contributed by atoms with Gasteiger partial charge in [0, 0.05) is 12.1 Å². The summed E-state index contributed by atoms with van der Waals surface area (Å²) in [6.07, 6.45) is 6.45. The molecule has 1 aliphatic rings. The number of rotatable bonds is 8. The van der Waals surface area contributed by atoms with Crippen LogP contribution in [0.5, 0.6) is 11.5 Å². The van der Waals surface area contributed by atoms with Crippen molar-refractivity contribution in [2.45, 2.75) is 37.8 Å². The summed E-state index contributed by atoms with van der Waals surface area (Å²) in [7, 11) is 3.05. The minimum atomic E-state index is -0.839. The number of benzene rings is 2. The highest BCUT2D eigenvalue weighted by Crippen LogP contribution is 2.31. The minimum Gasteiger partial charge on any atom is -0.493 e. The molecule has 2 aromatic carbocycles. The molecule has 2 N–H and O–H groups in total. The van der Waals surface area contributed by atoms with Crippen molar-refractivity contribution in [2.75, 3.05) is 14.2 Å². The lowest BCUT2D eigenvalue weighted by atomic mass is 9.83. The minimum absolute atomic E-state index is 0.236. The number of hydrogen-bond donors (Lipinski definition) is 2. The Kier molecular flexibility index (Phi) is 8.48. The molecule has 7 heteroatoms. The van der Waals surface area contributed by atoms with Crippen molar-refractivity contribution in [2.24, 2.45) is 5.92 Å². The van der Waals surface area contributed by atoms with E-state index in [0.29, 0.717) is 23.5 Å². The smallest absolute Gasteiger partial charge is 0.244 e. The number of nitriles is 1. The van der Waals surface area contributed by atoms with Crippen molar-refractivity contribution < 1.29 is 19.1 Å². The zero-order chi connectivity index (χ0) is 23.6. The van der Waals surface area contributed by atoms with E-state index in [1.807, 2.05) is 30.3 Å². The fraction of sp³-hybridized carbons (Fsp3) is 0.346. The van der Waals surface area contributed by atoms with Gasteiger partial charge in [-0.05, 0) is 42.2 Å². The fourth-order valence-electron chi connectivity index (χ4n) is 4.06. The van der Waals surface area contributed by atoms with E-state index >= 15 is 0 Å². The molecule has 2 aromatic rings. The number of carbonyl (C=O) groups excluding carboxylic acids is 2. The Hall–Kier alpha value is -3.79. The molecule has 0 saturated heterocycles. The normalized spacial score (nSPS) is 18.7. The molecule has 172 valence electrons. The van der Waals surface area contributed by atoms with Crippen LogP contribution in [-0.2, 0) is 9.59 Å². The molecule has 1 aliphatic carbocycles. The third kappa shape index (κ3) is 6.36. The van der Waals surface area contributed by atoms with Crippen LogP contribution in [0.3, 0.4) is 0 Å². The van der Waals surface area contributed by atoms with E-state index in [2.05, 4.69) is 16.7 Å². The molecule has 0 radical (unpaired) electrons. The van der Waals surface area contributed by atoms with Crippen LogP contribution in [0.15, 0.2) is 54.6 Å². The molecule has 1 fully saturated rings. The molecule has 3 atom stereocenters. The summed E-state index contributed by atoms with van der Waals surface area (Å²) < 4.78 is 10.5. The SMILES string of the molecule is COc1ccc([C@H](C#N)NC(=O)[C@@H]2CCCC[C@@H]2NC(=O)/C=C\c2ccccc2)cc1OC. The molecule has 7 nitrogen and oxygen atoms in total. The van der Waals surface area contributed by atoms with Gasteiger partial charge in [0.05, 0.1) is 26.2 Å². The first-order valence-electron chi connectivity index (χ1n) is 11.0. The molecule has 0 aliphatic heterocycles. The van der Waals surface area contributed by atoms with Crippen molar-refractivity contribution in [1.29, 1.82) is 5.26 Å². The highest BCUT2D eigenvalue weighted by atomic mass is 16.5. The standard InChI is InChI=1S/C26H29N3O4/c1-32-23-14-13-19(16-24(23)33-2)22(17-27)29-26(31)20-10-6-7-11-21(20)28-25(30)15-12-18-8-4-3-5-9-18/h3-5,8-9,12-16,20-22H,6-7,10-11H2,1-2H3,(H,28,30)(H,29,31)/b15-12-/t20-,21+,22+/m1/s1. The fourth-order valence-corrected chi connectivity index (χ4v) is 4.06. The molecule has 0 spiro atoms. The first kappa shape index (κ1) is 23.9. The van der Waals surface area contributed by atoms with Crippen LogP contribution in [0.2, 0.25) is 0 Å². The Balaban J connectivity index is 1.67. The lowest BCUT2D eigenvalue weighted by molar-refractivity contribution is -0.128. The third-order valence-electron chi connectivity index (χ3n) is 5.81. The molecular weight excluding hydrogens is 418 g/mol. The lowest BCUT2D eigenvalue weighted by Crippen LogP contribution is -2.48. The molecular formula is C26H29N3O4. The summed E-state index contributed by atoms with van der Waals surface area (Å²) >= 11 is 0. The number of amides is 2. The third-order valence-corrected chi connectivity index (χ3v) is 5.81. The average molecular weight is 448 g/mol. The molecule has 33 heavy (non-hydrogen) atoms. The number of hydrogen-bond acceptors (Lipinski definition) is 5. The van der Waals surface area contributed by atoms with Crippen LogP contribution >= 0.6 is 0 Å². The quantitative estimate of drug-likeness (QED) is 0.600. The number of nitrogens with one attached hydrogen (secondary N) is 2. The summed E-state index contributed by atoms with van der Waals surface area (Å²) in [5, 5.41) is 15.5. The van der Waals surface area contributed by atoms with Crippen LogP contribution in [0.4, 0.5) is 0 Å². The second-order valence-corrected chi connectivity index (χ2v) is 7.94. The van der Waals surface area contributed by atoms with Gasteiger partial charge in [0.15, 0.2) is 11.5 Å². The van der Waals surface area contributed by atoms with Crippen LogP contribution in [-0.4, -0.2) is 32.1 Å². The Morgan fingerprint density at radius 1 is 1.06 bits per heavy atom. The van der Waals surface area contributed by atoms with E-state index in [1.165, 1.54) is 20.3 Å². The summed E-state index contributed by atoms with van der Waals surface area (Å²) in [6.45, 7) is 0. The van der Waals surface area contributed by atoms with Gasteiger partial charge in [0.1, 0.15) is 6.04 Å². The van der Waals surface area contributed by atoms with E-state index in [-0.39, 0.29) is 17.9 Å². The zero-order valence-corrected chi connectivity index (χ0v) is 18.9. The van der Waals surface area contributed by atoms with Gasteiger partial charge in [-0.1, -0.05) is 49.2 Å². The first-order chi connectivity index (χ1) is 16.0. The Morgan fingerprint density at radius 3 is 2.48 bits per heavy atom. The van der Waals surface area contributed by atoms with Crippen molar-refractivity contribution in [1.82, 2.24) is 10.6 Å². The molecule has 1 saturated carbocycles. The zero-order valence-electron chi connectivity index (χ0n) is 18.9. The molecule has 0 aromatic heterocycles. The molecule has 3 rings (SSSR count). The Morgan fingerprint density at radius 2 is 1.79 bits per heavy atom. The Labute approximate surface area is 194 Å². The van der Waals surface area contributed by atoms with Crippen LogP contribution in [0.1, 0.15) is 42.9 Å². The predicted molar refractivity (Wildman–Crippen MR) is 125 cm³/mol. The van der Waals surface area contributed by atoms with Gasteiger partial charge in [-0.3, -0.25) is 9.59 Å². The van der Waals surface area contributed by atoms with Gasteiger partial charge in [0.25, 0.3) is 0 Å². The van der Waals surface area contributed by atoms with Crippen molar-refractivity contribution in [3.8, 4) is 17.6 Å². The average Bonchev–Trinajstić information content (AvgIpc) is 2.86. The number of carbonyl (C=O) groups is 2. The van der Waals surface area contributed by atoms with Crippen LogP contribution in [0, 0.1) is 17.2 Å². The first-order valence-corrected chi connectivity index (χ1v) is 11.0. The van der Waals surface area contributed by atoms with Crippen molar-refractivity contribution in [3.63, 3.8) is 0 Å². The molecule has 0 bridgehead atoms. The highest BCUT2D eigenvalue weighted by molar-refractivity contribution is 5.92. The number of nitrogens with zero attached hydrogens (tertiary/aromatic N) is 1. The molecule has 0 unspecified atom stereocenters. The second kappa shape index (κ2) is 11.7. The van der Waals surface area contributed by atoms with Crippen molar-refractivity contribution in [3.05, 3.63) is 65.7 Å². The maximum Gasteiger partial charge on any atom is 0.244 e. The lowest BCUT2D eigenvalue weighted by Gasteiger charge is -2.31. The van der Waals surface area contributed by atoms with E-state index in [0.717, 1.165) is 24.8 Å². The largest absolute Gasteiger partial charge is 0.493 e. The summed E-state index contributed by atoms with van der Waals surface area (Å²) in [5.74, 6) is 0.151. The summed E-state index contributed by atoms with van der Waals surface area (Å²) in [4.78, 5) is 25.6. The van der Waals surface area contributed by atoms with E-state index in [1.54, 1.807) is 24.3 Å². The maximum absolute atomic E-state index is 13.1. The second-order valence-electron chi connectivity index (χ2n) is 7.94. The number of methoxy groups -OCH3 is 2. The van der Waals surface area contributed by atoms with Gasteiger partial charge in [-0.2, -0.15) is 5.26 Å². The number of ether oxygens (including phenoxy) is 2. The van der Waals surface area contributed by atoms with Crippen LogP contribution < -0.4 is 20.1 Å². The van der Waals surface area contributed by atoms with Gasteiger partial charge >= 0.3 is 0 Å². The van der Waals surface area contributed by atoms with E-state index in [9.17, 15) is 14.9 Å². The maximum atomic E-state index is 13.1. The van der Waals surface area contributed by atoms with Gasteiger partial charge in [-0.15, -0.1) is 0 Å². The van der Waals surface area contributed by atoms with E-state index in [4.69, 9.17) is 9.47 Å². The topological polar surface area (TPSA) is 100 Å². The highest BCUT2D eigenvalue weighted by Gasteiger charge is 2.33. The van der Waals surface area contributed by atoms with Gasteiger partial charge < -0.3 is 20.1 Å².